The number of anilines is 1. The Labute approximate surface area is 134 Å². The van der Waals surface area contributed by atoms with Gasteiger partial charge in [-0.15, -0.1) is 0 Å². The molecule has 1 unspecified atom stereocenters. The van der Waals surface area contributed by atoms with Crippen LogP contribution in [0.3, 0.4) is 0 Å². The van der Waals surface area contributed by atoms with E-state index in [2.05, 4.69) is 61.3 Å². The van der Waals surface area contributed by atoms with Crippen LogP contribution in [0.1, 0.15) is 32.3 Å². The molecule has 1 atom stereocenters. The van der Waals surface area contributed by atoms with E-state index in [1.807, 2.05) is 0 Å². The molecule has 1 fully saturated rings. The lowest BCUT2D eigenvalue weighted by atomic mass is 10.1. The number of nitrogens with one attached hydrogen (secondary N) is 1. The number of hydrogen-bond acceptors (Lipinski definition) is 3. The molecule has 0 aliphatic carbocycles. The fraction of sp³-hybridized carbons (Fsp3) is 0.647. The number of benzene rings is 1. The molecule has 0 radical (unpaired) electrons. The summed E-state index contributed by atoms with van der Waals surface area (Å²) in [5.41, 5.74) is 2.44. The van der Waals surface area contributed by atoms with Gasteiger partial charge >= 0.3 is 0 Å². The van der Waals surface area contributed by atoms with Gasteiger partial charge in [0.15, 0.2) is 0 Å². The smallest absolute Gasteiger partial charge is 0.0642 e. The van der Waals surface area contributed by atoms with Gasteiger partial charge in [-0.05, 0) is 44.6 Å². The molecule has 1 aliphatic heterocycles. The first-order valence-electron chi connectivity index (χ1n) is 7.90. The Morgan fingerprint density at radius 3 is 2.76 bits per heavy atom. The topological polar surface area (TPSA) is 18.5 Å². The molecule has 1 aliphatic rings. The van der Waals surface area contributed by atoms with Crippen molar-refractivity contribution in [3.8, 4) is 0 Å². The summed E-state index contributed by atoms with van der Waals surface area (Å²) >= 11 is 6.54. The predicted octanol–water partition coefficient (Wildman–Crippen LogP) is 3.37. The van der Waals surface area contributed by atoms with Crippen LogP contribution in [-0.4, -0.2) is 44.2 Å². The molecule has 2 rings (SSSR count). The average Bonchev–Trinajstić information content (AvgIpc) is 2.83. The Kier molecular flexibility index (Phi) is 5.91. The molecule has 0 bridgehead atoms. The second-order valence-electron chi connectivity index (χ2n) is 6.57. The van der Waals surface area contributed by atoms with Gasteiger partial charge in [0.1, 0.15) is 0 Å². The fourth-order valence-electron chi connectivity index (χ4n) is 2.98. The molecule has 21 heavy (non-hydrogen) atoms. The lowest BCUT2D eigenvalue weighted by Crippen LogP contribution is -2.37. The molecule has 118 valence electrons. The number of nitrogens with zero attached hydrogens (tertiary/aromatic N) is 2. The largest absolute Gasteiger partial charge is 0.366 e. The lowest BCUT2D eigenvalue weighted by Gasteiger charge is -2.30. The minimum absolute atomic E-state index is 0.492. The lowest BCUT2D eigenvalue weighted by molar-refractivity contribution is 0.372. The summed E-state index contributed by atoms with van der Waals surface area (Å²) < 4.78 is 0. The van der Waals surface area contributed by atoms with Crippen molar-refractivity contribution in [1.82, 2.24) is 10.2 Å². The third-order valence-corrected chi connectivity index (χ3v) is 4.29. The van der Waals surface area contributed by atoms with E-state index in [9.17, 15) is 0 Å². The van der Waals surface area contributed by atoms with Gasteiger partial charge in [0.25, 0.3) is 0 Å². The second kappa shape index (κ2) is 7.48. The van der Waals surface area contributed by atoms with Gasteiger partial charge < -0.3 is 15.1 Å². The first-order chi connectivity index (χ1) is 9.97. The maximum Gasteiger partial charge on any atom is 0.0642 e. The van der Waals surface area contributed by atoms with Crippen molar-refractivity contribution in [2.24, 2.45) is 0 Å². The molecular formula is C17H28ClN3. The van der Waals surface area contributed by atoms with Crippen LogP contribution in [0.2, 0.25) is 5.02 Å². The van der Waals surface area contributed by atoms with Crippen molar-refractivity contribution in [2.75, 3.05) is 32.1 Å². The van der Waals surface area contributed by atoms with Gasteiger partial charge in [0.05, 0.1) is 10.7 Å². The molecule has 1 heterocycles. The molecule has 3 nitrogen and oxygen atoms in total. The van der Waals surface area contributed by atoms with E-state index in [1.54, 1.807) is 0 Å². The van der Waals surface area contributed by atoms with Crippen LogP contribution in [0.25, 0.3) is 0 Å². The molecule has 0 saturated carbocycles. The average molecular weight is 310 g/mol. The molecule has 1 saturated heterocycles. The summed E-state index contributed by atoms with van der Waals surface area (Å²) in [7, 11) is 4.28. The van der Waals surface area contributed by atoms with Gasteiger partial charge in [-0.3, -0.25) is 0 Å². The summed E-state index contributed by atoms with van der Waals surface area (Å²) in [5.74, 6) is 0. The Bertz CT molecular complexity index is 459. The molecule has 0 amide bonds. The third kappa shape index (κ3) is 4.60. The van der Waals surface area contributed by atoms with Crippen LogP contribution in [-0.2, 0) is 6.54 Å². The van der Waals surface area contributed by atoms with Crippen molar-refractivity contribution in [3.05, 3.63) is 28.8 Å². The molecule has 0 aromatic heterocycles. The SMILES string of the molecule is CC(C)NCc1ccc(N2CCCC2CN(C)C)c(Cl)c1. The Balaban J connectivity index is 2.09. The summed E-state index contributed by atoms with van der Waals surface area (Å²) in [6.45, 7) is 7.39. The minimum Gasteiger partial charge on any atom is -0.366 e. The number of hydrogen-bond donors (Lipinski definition) is 1. The van der Waals surface area contributed by atoms with Crippen molar-refractivity contribution < 1.29 is 0 Å². The third-order valence-electron chi connectivity index (χ3n) is 3.99. The highest BCUT2D eigenvalue weighted by molar-refractivity contribution is 6.33. The van der Waals surface area contributed by atoms with Gasteiger partial charge in [-0.2, -0.15) is 0 Å². The van der Waals surface area contributed by atoms with Crippen molar-refractivity contribution in [2.45, 2.75) is 45.3 Å². The van der Waals surface area contributed by atoms with E-state index in [1.165, 1.54) is 24.1 Å². The van der Waals surface area contributed by atoms with E-state index >= 15 is 0 Å². The molecule has 1 N–H and O–H groups in total. The zero-order valence-electron chi connectivity index (χ0n) is 13.7. The van der Waals surface area contributed by atoms with Gasteiger partial charge in [-0.25, -0.2) is 0 Å². The summed E-state index contributed by atoms with van der Waals surface area (Å²) in [5, 5.41) is 4.31. The number of halogens is 1. The van der Waals surface area contributed by atoms with Crippen LogP contribution in [0.4, 0.5) is 5.69 Å². The van der Waals surface area contributed by atoms with Gasteiger partial charge in [0.2, 0.25) is 0 Å². The molecule has 1 aromatic rings. The van der Waals surface area contributed by atoms with Crippen LogP contribution in [0.15, 0.2) is 18.2 Å². The second-order valence-corrected chi connectivity index (χ2v) is 6.98. The van der Waals surface area contributed by atoms with E-state index in [-0.39, 0.29) is 0 Å². The molecular weight excluding hydrogens is 282 g/mol. The van der Waals surface area contributed by atoms with Crippen LogP contribution >= 0.6 is 11.6 Å². The monoisotopic (exact) mass is 309 g/mol. The summed E-state index contributed by atoms with van der Waals surface area (Å²) in [6.07, 6.45) is 2.51. The maximum atomic E-state index is 6.54. The number of rotatable bonds is 6. The van der Waals surface area contributed by atoms with Crippen LogP contribution < -0.4 is 10.2 Å². The van der Waals surface area contributed by atoms with Crippen LogP contribution in [0, 0.1) is 0 Å². The van der Waals surface area contributed by atoms with Crippen molar-refractivity contribution >= 4 is 17.3 Å². The minimum atomic E-state index is 0.492. The van der Waals surface area contributed by atoms with Gasteiger partial charge in [0, 0.05) is 31.7 Å². The first kappa shape index (κ1) is 16.6. The highest BCUT2D eigenvalue weighted by atomic mass is 35.5. The van der Waals surface area contributed by atoms with Crippen LogP contribution in [0.5, 0.6) is 0 Å². The maximum absolute atomic E-state index is 6.54. The fourth-order valence-corrected chi connectivity index (χ4v) is 3.29. The highest BCUT2D eigenvalue weighted by Crippen LogP contribution is 2.32. The van der Waals surface area contributed by atoms with Gasteiger partial charge in [-0.1, -0.05) is 31.5 Å². The summed E-state index contributed by atoms with van der Waals surface area (Å²) in [4.78, 5) is 4.74. The van der Waals surface area contributed by atoms with E-state index in [0.29, 0.717) is 12.1 Å². The van der Waals surface area contributed by atoms with E-state index < -0.39 is 0 Å². The Morgan fingerprint density at radius 2 is 2.14 bits per heavy atom. The number of likely N-dealkylation sites (N-methyl/N-ethyl adjacent to an activating group) is 1. The van der Waals surface area contributed by atoms with E-state index in [0.717, 1.165) is 24.7 Å². The summed E-state index contributed by atoms with van der Waals surface area (Å²) in [6, 6.07) is 7.57. The quantitative estimate of drug-likeness (QED) is 0.869. The molecule has 1 aromatic carbocycles. The predicted molar refractivity (Wildman–Crippen MR) is 92.3 cm³/mol. The Morgan fingerprint density at radius 1 is 1.38 bits per heavy atom. The van der Waals surface area contributed by atoms with Crippen molar-refractivity contribution in [3.63, 3.8) is 0 Å². The zero-order valence-corrected chi connectivity index (χ0v) is 14.5. The Hall–Kier alpha value is -0.770. The standard InChI is InChI=1S/C17H28ClN3/c1-13(2)19-11-14-7-8-17(16(18)10-14)21-9-5-6-15(21)12-20(3)4/h7-8,10,13,15,19H,5-6,9,11-12H2,1-4H3. The van der Waals surface area contributed by atoms with E-state index in [4.69, 9.17) is 11.6 Å². The molecule has 4 heteroatoms. The first-order valence-corrected chi connectivity index (χ1v) is 8.28. The van der Waals surface area contributed by atoms with Crippen molar-refractivity contribution in [1.29, 1.82) is 0 Å². The normalized spacial score (nSPS) is 19.0. The molecule has 0 spiro atoms. The highest BCUT2D eigenvalue weighted by Gasteiger charge is 2.26. The zero-order chi connectivity index (χ0) is 15.4.